The SMILES string of the molecule is COCCNS(=O)(=O)c1sc2c(c1C(=O)OC)CCN(C1CCCCCC1)C2. The molecule has 1 saturated carbocycles. The number of carbonyl (C=O) groups is 1. The number of hydrogen-bond acceptors (Lipinski definition) is 7. The fourth-order valence-electron chi connectivity index (χ4n) is 4.17. The van der Waals surface area contributed by atoms with Crippen molar-refractivity contribution in [3.8, 4) is 0 Å². The quantitative estimate of drug-likeness (QED) is 0.407. The van der Waals surface area contributed by atoms with Gasteiger partial charge in [0.05, 0.1) is 19.3 Å². The number of rotatable bonds is 7. The Hall–Kier alpha value is -1.00. The summed E-state index contributed by atoms with van der Waals surface area (Å²) in [4.78, 5) is 15.9. The van der Waals surface area contributed by atoms with Crippen molar-refractivity contribution in [3.05, 3.63) is 16.0 Å². The van der Waals surface area contributed by atoms with E-state index in [0.717, 1.165) is 17.0 Å². The van der Waals surface area contributed by atoms with Crippen LogP contribution in [0.3, 0.4) is 0 Å². The molecule has 1 aromatic rings. The largest absolute Gasteiger partial charge is 0.465 e. The number of methoxy groups -OCH3 is 2. The van der Waals surface area contributed by atoms with E-state index in [4.69, 9.17) is 9.47 Å². The minimum atomic E-state index is -3.79. The van der Waals surface area contributed by atoms with Crippen molar-refractivity contribution < 1.29 is 22.7 Å². The van der Waals surface area contributed by atoms with Crippen LogP contribution < -0.4 is 4.72 Å². The van der Waals surface area contributed by atoms with E-state index < -0.39 is 16.0 Å². The van der Waals surface area contributed by atoms with E-state index in [1.54, 1.807) is 0 Å². The molecule has 0 bridgehead atoms. The summed E-state index contributed by atoms with van der Waals surface area (Å²) < 4.78 is 38.1. The topological polar surface area (TPSA) is 84.9 Å². The third kappa shape index (κ3) is 4.76. The molecule has 158 valence electrons. The van der Waals surface area contributed by atoms with E-state index in [9.17, 15) is 13.2 Å². The molecule has 9 heteroatoms. The molecule has 1 aliphatic carbocycles. The minimum absolute atomic E-state index is 0.0724. The summed E-state index contributed by atoms with van der Waals surface area (Å²) in [7, 11) is -0.984. The highest BCUT2D eigenvalue weighted by atomic mass is 32.2. The van der Waals surface area contributed by atoms with Gasteiger partial charge in [-0.15, -0.1) is 11.3 Å². The van der Waals surface area contributed by atoms with Crippen LogP contribution in [0, 0.1) is 0 Å². The predicted octanol–water partition coefficient (Wildman–Crippen LogP) is 2.54. The minimum Gasteiger partial charge on any atom is -0.465 e. The van der Waals surface area contributed by atoms with E-state index in [1.807, 2.05) is 0 Å². The van der Waals surface area contributed by atoms with Gasteiger partial charge < -0.3 is 9.47 Å². The number of nitrogens with one attached hydrogen (secondary N) is 1. The van der Waals surface area contributed by atoms with Crippen molar-refractivity contribution in [1.29, 1.82) is 0 Å². The molecule has 0 radical (unpaired) electrons. The van der Waals surface area contributed by atoms with Crippen LogP contribution >= 0.6 is 11.3 Å². The smallest absolute Gasteiger partial charge is 0.340 e. The summed E-state index contributed by atoms with van der Waals surface area (Å²) in [5.74, 6) is -0.576. The standard InChI is InChI=1S/C19H30N2O5S2/c1-25-12-10-20-28(23,24)19-17(18(22)26-2)15-9-11-21(13-16(15)27-19)14-7-5-3-4-6-8-14/h14,20H,3-13H2,1-2H3. The molecule has 1 aliphatic heterocycles. The van der Waals surface area contributed by atoms with Crippen LogP contribution in [0.2, 0.25) is 0 Å². The van der Waals surface area contributed by atoms with E-state index in [2.05, 4.69) is 9.62 Å². The molecule has 0 unspecified atom stereocenters. The van der Waals surface area contributed by atoms with Crippen LogP contribution in [0.4, 0.5) is 0 Å². The molecule has 0 atom stereocenters. The van der Waals surface area contributed by atoms with Crippen molar-refractivity contribution >= 4 is 27.3 Å². The molecule has 1 N–H and O–H groups in total. The monoisotopic (exact) mass is 430 g/mol. The Balaban J connectivity index is 1.88. The van der Waals surface area contributed by atoms with Gasteiger partial charge in [-0.05, 0) is 24.8 Å². The summed E-state index contributed by atoms with van der Waals surface area (Å²) >= 11 is 1.21. The molecule has 0 spiro atoms. The highest BCUT2D eigenvalue weighted by Gasteiger charge is 2.35. The first-order chi connectivity index (χ1) is 13.5. The van der Waals surface area contributed by atoms with Gasteiger partial charge in [-0.1, -0.05) is 25.7 Å². The maximum atomic E-state index is 12.8. The second-order valence-electron chi connectivity index (χ2n) is 7.41. The number of sulfonamides is 1. The molecule has 0 amide bonds. The lowest BCUT2D eigenvalue weighted by molar-refractivity contribution is 0.0595. The highest BCUT2D eigenvalue weighted by molar-refractivity contribution is 7.91. The molecule has 28 heavy (non-hydrogen) atoms. The lowest BCUT2D eigenvalue weighted by Crippen LogP contribution is -2.38. The second-order valence-corrected chi connectivity index (χ2v) is 10.5. The summed E-state index contributed by atoms with van der Waals surface area (Å²) in [6.45, 7) is 2.00. The molecular formula is C19H30N2O5S2. The van der Waals surface area contributed by atoms with Crippen molar-refractivity contribution in [2.45, 2.75) is 61.7 Å². The van der Waals surface area contributed by atoms with Gasteiger partial charge >= 0.3 is 5.97 Å². The zero-order valence-electron chi connectivity index (χ0n) is 16.7. The summed E-state index contributed by atoms with van der Waals surface area (Å²) in [6.07, 6.45) is 8.21. The first-order valence-corrected chi connectivity index (χ1v) is 12.2. The summed E-state index contributed by atoms with van der Waals surface area (Å²) in [5, 5.41) is 0. The zero-order chi connectivity index (χ0) is 20.1. The Morgan fingerprint density at radius 3 is 2.57 bits per heavy atom. The Labute approximate surface area is 171 Å². The molecule has 2 heterocycles. The van der Waals surface area contributed by atoms with Crippen LogP contribution in [0.5, 0.6) is 0 Å². The van der Waals surface area contributed by atoms with Crippen LogP contribution in [0.1, 0.15) is 59.3 Å². The van der Waals surface area contributed by atoms with Crippen LogP contribution in [-0.4, -0.2) is 59.2 Å². The fraction of sp³-hybridized carbons (Fsp3) is 0.737. The van der Waals surface area contributed by atoms with Gasteiger partial charge in [-0.3, -0.25) is 4.90 Å². The number of esters is 1. The van der Waals surface area contributed by atoms with Crippen molar-refractivity contribution in [2.75, 3.05) is 33.9 Å². The first kappa shape index (κ1) is 21.7. The Morgan fingerprint density at radius 2 is 1.93 bits per heavy atom. The van der Waals surface area contributed by atoms with Gasteiger partial charge in [0.1, 0.15) is 4.21 Å². The highest BCUT2D eigenvalue weighted by Crippen LogP contribution is 2.38. The van der Waals surface area contributed by atoms with Crippen LogP contribution in [0.25, 0.3) is 0 Å². The maximum Gasteiger partial charge on any atom is 0.340 e. The Bertz CT molecular complexity index is 782. The van der Waals surface area contributed by atoms with Crippen molar-refractivity contribution in [2.24, 2.45) is 0 Å². The van der Waals surface area contributed by atoms with Gasteiger partial charge in [-0.2, -0.15) is 0 Å². The number of nitrogens with zero attached hydrogens (tertiary/aromatic N) is 1. The van der Waals surface area contributed by atoms with Crippen LogP contribution in [-0.2, 0) is 32.5 Å². The normalized spacial score (nSPS) is 19.2. The van der Waals surface area contributed by atoms with E-state index in [-0.39, 0.29) is 22.9 Å². The second kappa shape index (κ2) is 9.67. The number of fused-ring (bicyclic) bond motifs is 1. The molecular weight excluding hydrogens is 400 g/mol. The third-order valence-electron chi connectivity index (χ3n) is 5.63. The van der Waals surface area contributed by atoms with E-state index in [1.165, 1.54) is 64.1 Å². The van der Waals surface area contributed by atoms with Gasteiger partial charge in [0.2, 0.25) is 0 Å². The van der Waals surface area contributed by atoms with Gasteiger partial charge in [-0.25, -0.2) is 17.9 Å². The number of ether oxygens (including phenoxy) is 2. The average Bonchev–Trinajstić information content (AvgIpc) is 2.87. The van der Waals surface area contributed by atoms with Crippen LogP contribution in [0.15, 0.2) is 4.21 Å². The maximum absolute atomic E-state index is 12.8. The summed E-state index contributed by atoms with van der Waals surface area (Å²) in [6, 6.07) is 0.555. The number of carbonyl (C=O) groups excluding carboxylic acids is 1. The van der Waals surface area contributed by atoms with Gasteiger partial charge in [0.25, 0.3) is 10.0 Å². The van der Waals surface area contributed by atoms with Gasteiger partial charge in [0, 0.05) is 37.7 Å². The fourth-order valence-corrected chi connectivity index (χ4v) is 7.14. The van der Waals surface area contributed by atoms with Gasteiger partial charge in [0.15, 0.2) is 0 Å². The Morgan fingerprint density at radius 1 is 1.21 bits per heavy atom. The number of thiophene rings is 1. The lowest BCUT2D eigenvalue weighted by Gasteiger charge is -2.34. The summed E-state index contributed by atoms with van der Waals surface area (Å²) in [5.41, 5.74) is 1.06. The average molecular weight is 431 g/mol. The third-order valence-corrected chi connectivity index (χ3v) is 8.82. The molecule has 0 aromatic carbocycles. The molecule has 3 rings (SSSR count). The molecule has 7 nitrogen and oxygen atoms in total. The molecule has 0 saturated heterocycles. The Kier molecular flexibility index (Phi) is 7.49. The molecule has 1 aromatic heterocycles. The predicted molar refractivity (Wildman–Crippen MR) is 108 cm³/mol. The zero-order valence-corrected chi connectivity index (χ0v) is 18.3. The van der Waals surface area contributed by atoms with E-state index in [0.29, 0.717) is 19.0 Å². The van der Waals surface area contributed by atoms with Crippen molar-refractivity contribution in [3.63, 3.8) is 0 Å². The van der Waals surface area contributed by atoms with Crippen molar-refractivity contribution in [1.82, 2.24) is 9.62 Å². The lowest BCUT2D eigenvalue weighted by atomic mass is 9.99. The molecule has 1 fully saturated rings. The number of hydrogen-bond donors (Lipinski definition) is 1. The first-order valence-electron chi connectivity index (χ1n) is 9.93. The van der Waals surface area contributed by atoms with E-state index >= 15 is 0 Å². The molecule has 2 aliphatic rings.